The molecule has 0 saturated carbocycles. The highest BCUT2D eigenvalue weighted by Crippen LogP contribution is 2.43. The van der Waals surface area contributed by atoms with Crippen LogP contribution >= 0.6 is 0 Å². The lowest BCUT2D eigenvalue weighted by molar-refractivity contribution is -0.139. The van der Waals surface area contributed by atoms with E-state index in [1.54, 1.807) is 6.08 Å². The normalized spacial score (nSPS) is 14.9. The van der Waals surface area contributed by atoms with E-state index in [9.17, 15) is 19.5 Å². The molecule has 3 N–H and O–H groups in total. The Hall–Kier alpha value is -4.91. The third kappa shape index (κ3) is 6.56. The molecule has 0 saturated heterocycles. The van der Waals surface area contributed by atoms with Crippen LogP contribution in [0.25, 0.3) is 16.7 Å². The minimum Gasteiger partial charge on any atom is -0.480 e. The van der Waals surface area contributed by atoms with Gasteiger partial charge in [-0.1, -0.05) is 85.5 Å². The first kappa shape index (κ1) is 28.1. The number of rotatable bonds is 10. The van der Waals surface area contributed by atoms with Crippen LogP contribution in [0.4, 0.5) is 10.5 Å². The highest BCUT2D eigenvalue weighted by Gasteiger charge is 2.30. The summed E-state index contributed by atoms with van der Waals surface area (Å²) < 4.78 is 5.54. The molecule has 0 heterocycles. The van der Waals surface area contributed by atoms with E-state index < -0.39 is 18.1 Å². The Bertz CT molecular complexity index is 1470. The van der Waals surface area contributed by atoms with Gasteiger partial charge in [-0.15, -0.1) is 0 Å². The molecule has 0 bridgehead atoms. The topological polar surface area (TPSA) is 105 Å². The fourth-order valence-corrected chi connectivity index (χ4v) is 4.91. The zero-order valence-electron chi connectivity index (χ0n) is 22.5. The van der Waals surface area contributed by atoms with Crippen LogP contribution in [0.3, 0.4) is 0 Å². The van der Waals surface area contributed by atoms with Crippen molar-refractivity contribution >= 4 is 29.2 Å². The number of carboxylic acid groups (broad SMARTS) is 1. The molecule has 0 aromatic heterocycles. The molecular weight excluding hydrogens is 504 g/mol. The van der Waals surface area contributed by atoms with Gasteiger partial charge in [-0.25, -0.2) is 9.59 Å². The van der Waals surface area contributed by atoms with Crippen molar-refractivity contribution in [1.82, 2.24) is 5.32 Å². The highest BCUT2D eigenvalue weighted by atomic mass is 16.5. The fourth-order valence-electron chi connectivity index (χ4n) is 4.91. The first-order chi connectivity index (χ1) is 19.3. The Morgan fingerprint density at radius 1 is 1.00 bits per heavy atom. The number of amides is 2. The smallest absolute Gasteiger partial charge is 0.407 e. The molecular formula is C33H32N2O5. The van der Waals surface area contributed by atoms with Gasteiger partial charge in [0, 0.05) is 24.9 Å². The van der Waals surface area contributed by atoms with E-state index in [4.69, 9.17) is 4.74 Å². The second kappa shape index (κ2) is 12.8. The number of aliphatic carboxylic acids is 1. The van der Waals surface area contributed by atoms with E-state index in [0.717, 1.165) is 39.0 Å². The van der Waals surface area contributed by atoms with Gasteiger partial charge in [0.2, 0.25) is 5.91 Å². The van der Waals surface area contributed by atoms with Gasteiger partial charge in [-0.3, -0.25) is 4.79 Å². The summed E-state index contributed by atoms with van der Waals surface area (Å²) in [6, 6.07) is 21.7. The standard InChI is InChI=1S/C33H32N2O5/c1-4-8-27-26(5-2)28-9-6-7-10-29(28)30(27)20-40-33(39)35-31(32(37)38)19-22-11-13-23(14-12-22)24-15-17-25(18-16-24)34-21(3)36/h4-18,30-31H,2,19-20H2,1,3H3,(H,34,36)(H,35,39)(H,37,38)/b8-4-. The number of ether oxygens (including phenoxy) is 1. The number of carbonyl (C=O) groups excluding carboxylic acids is 2. The Morgan fingerprint density at radius 3 is 2.25 bits per heavy atom. The number of alkyl carbamates (subject to hydrolysis) is 1. The lowest BCUT2D eigenvalue weighted by atomic mass is 9.96. The van der Waals surface area contributed by atoms with Gasteiger partial charge in [0.05, 0.1) is 0 Å². The summed E-state index contributed by atoms with van der Waals surface area (Å²) in [5, 5.41) is 15.0. The van der Waals surface area contributed by atoms with Gasteiger partial charge in [-0.2, -0.15) is 0 Å². The number of allylic oxidation sites excluding steroid dienone is 4. The zero-order valence-corrected chi connectivity index (χ0v) is 22.5. The third-order valence-electron chi connectivity index (χ3n) is 6.77. The quantitative estimate of drug-likeness (QED) is 0.280. The molecule has 0 aliphatic heterocycles. The predicted molar refractivity (Wildman–Crippen MR) is 157 cm³/mol. The van der Waals surface area contributed by atoms with Crippen molar-refractivity contribution in [1.29, 1.82) is 0 Å². The van der Waals surface area contributed by atoms with Crippen molar-refractivity contribution in [3.8, 4) is 11.1 Å². The molecule has 2 amide bonds. The number of benzene rings is 3. The number of fused-ring (bicyclic) bond motifs is 1. The number of nitrogens with one attached hydrogen (secondary N) is 2. The highest BCUT2D eigenvalue weighted by molar-refractivity contribution is 5.89. The van der Waals surface area contributed by atoms with Crippen molar-refractivity contribution in [2.45, 2.75) is 32.2 Å². The molecule has 204 valence electrons. The number of anilines is 1. The summed E-state index contributed by atoms with van der Waals surface area (Å²) in [6.45, 7) is 7.40. The zero-order chi connectivity index (χ0) is 28.6. The summed E-state index contributed by atoms with van der Waals surface area (Å²) >= 11 is 0. The van der Waals surface area contributed by atoms with Crippen molar-refractivity contribution in [2.75, 3.05) is 11.9 Å². The van der Waals surface area contributed by atoms with E-state index in [1.807, 2.05) is 91.9 Å². The molecule has 1 aliphatic carbocycles. The molecule has 0 fully saturated rings. The summed E-state index contributed by atoms with van der Waals surface area (Å²) in [5.41, 5.74) is 7.46. The monoisotopic (exact) mass is 536 g/mol. The second-order valence-electron chi connectivity index (χ2n) is 9.51. The average molecular weight is 537 g/mol. The molecule has 40 heavy (non-hydrogen) atoms. The molecule has 2 atom stereocenters. The van der Waals surface area contributed by atoms with E-state index in [-0.39, 0.29) is 24.9 Å². The Balaban J connectivity index is 1.39. The summed E-state index contributed by atoms with van der Waals surface area (Å²) in [7, 11) is 0. The molecule has 1 aliphatic rings. The molecule has 7 nitrogen and oxygen atoms in total. The number of hydrogen-bond acceptors (Lipinski definition) is 4. The van der Waals surface area contributed by atoms with Gasteiger partial charge < -0.3 is 20.5 Å². The van der Waals surface area contributed by atoms with Crippen LogP contribution < -0.4 is 10.6 Å². The van der Waals surface area contributed by atoms with E-state index in [0.29, 0.717) is 5.69 Å². The Labute approximate surface area is 233 Å². The first-order valence-corrected chi connectivity index (χ1v) is 13.0. The number of carboxylic acids is 1. The fraction of sp³-hybridized carbons (Fsp3) is 0.182. The molecule has 3 aromatic rings. The van der Waals surface area contributed by atoms with Crippen LogP contribution in [0.15, 0.2) is 103 Å². The maximum Gasteiger partial charge on any atom is 0.407 e. The second-order valence-corrected chi connectivity index (χ2v) is 9.51. The molecule has 7 heteroatoms. The van der Waals surface area contributed by atoms with E-state index in [1.165, 1.54) is 6.92 Å². The minimum atomic E-state index is -1.15. The van der Waals surface area contributed by atoms with Crippen LogP contribution in [-0.2, 0) is 20.7 Å². The van der Waals surface area contributed by atoms with Gasteiger partial charge in [0.1, 0.15) is 12.6 Å². The van der Waals surface area contributed by atoms with Crippen molar-refractivity contribution in [2.24, 2.45) is 0 Å². The Kier molecular flexibility index (Phi) is 8.96. The predicted octanol–water partition coefficient (Wildman–Crippen LogP) is 6.35. The first-order valence-electron chi connectivity index (χ1n) is 13.0. The minimum absolute atomic E-state index is 0.0711. The SMILES string of the molecule is C=CC1=C(/C=C\C)C(COC(=O)NC(Cc2ccc(-c3ccc(NC(C)=O)cc3)cc2)C(=O)O)c2ccccc21. The Morgan fingerprint density at radius 2 is 1.65 bits per heavy atom. The van der Waals surface area contributed by atoms with Gasteiger partial charge in [0.15, 0.2) is 0 Å². The van der Waals surface area contributed by atoms with Crippen LogP contribution in [0.1, 0.15) is 36.5 Å². The van der Waals surface area contributed by atoms with Crippen LogP contribution in [0.5, 0.6) is 0 Å². The summed E-state index contributed by atoms with van der Waals surface area (Å²) in [6.07, 6.45) is 5.05. The van der Waals surface area contributed by atoms with Crippen molar-refractivity contribution in [3.05, 3.63) is 120 Å². The third-order valence-corrected chi connectivity index (χ3v) is 6.77. The summed E-state index contributed by atoms with van der Waals surface area (Å²) in [5.74, 6) is -1.46. The maximum absolute atomic E-state index is 12.7. The molecule has 0 spiro atoms. The van der Waals surface area contributed by atoms with Crippen LogP contribution in [-0.4, -0.2) is 35.7 Å². The maximum atomic E-state index is 12.7. The van der Waals surface area contributed by atoms with Crippen LogP contribution in [0.2, 0.25) is 0 Å². The lowest BCUT2D eigenvalue weighted by Crippen LogP contribution is -2.42. The molecule has 4 rings (SSSR count). The van der Waals surface area contributed by atoms with E-state index >= 15 is 0 Å². The average Bonchev–Trinajstić information content (AvgIpc) is 3.24. The van der Waals surface area contributed by atoms with Gasteiger partial charge in [0.25, 0.3) is 0 Å². The van der Waals surface area contributed by atoms with Crippen LogP contribution in [0, 0.1) is 0 Å². The lowest BCUT2D eigenvalue weighted by Gasteiger charge is -2.18. The molecule has 0 radical (unpaired) electrons. The number of hydrogen-bond donors (Lipinski definition) is 3. The largest absolute Gasteiger partial charge is 0.480 e. The van der Waals surface area contributed by atoms with E-state index in [2.05, 4.69) is 17.2 Å². The van der Waals surface area contributed by atoms with Crippen molar-refractivity contribution < 1.29 is 24.2 Å². The van der Waals surface area contributed by atoms with Crippen molar-refractivity contribution in [3.63, 3.8) is 0 Å². The molecule has 3 aromatic carbocycles. The summed E-state index contributed by atoms with van der Waals surface area (Å²) in [4.78, 5) is 35.9. The van der Waals surface area contributed by atoms with Gasteiger partial charge in [-0.05, 0) is 58.0 Å². The molecule has 2 unspecified atom stereocenters. The number of carbonyl (C=O) groups is 3. The van der Waals surface area contributed by atoms with Gasteiger partial charge >= 0.3 is 12.1 Å².